The number of hydrogen-bond donors (Lipinski definition) is 0. The number of sulfonamides is 1. The molecular weight excluding hydrogens is 472 g/mol. The van der Waals surface area contributed by atoms with Crippen molar-refractivity contribution in [1.29, 1.82) is 0 Å². The number of carbonyl (C=O) groups is 1. The zero-order valence-electron chi connectivity index (χ0n) is 17.1. The van der Waals surface area contributed by atoms with Crippen LogP contribution in [0.15, 0.2) is 64.2 Å². The summed E-state index contributed by atoms with van der Waals surface area (Å²) >= 11 is 7.14. The molecule has 8 nitrogen and oxygen atoms in total. The van der Waals surface area contributed by atoms with Crippen molar-refractivity contribution in [3.63, 3.8) is 0 Å². The summed E-state index contributed by atoms with van der Waals surface area (Å²) in [6, 6.07) is 16.2. The van der Waals surface area contributed by atoms with E-state index >= 15 is 0 Å². The molecule has 0 unspecified atom stereocenters. The molecule has 0 aliphatic carbocycles. The van der Waals surface area contributed by atoms with E-state index < -0.39 is 10.0 Å². The van der Waals surface area contributed by atoms with Crippen molar-refractivity contribution in [2.24, 2.45) is 0 Å². The fourth-order valence-electron chi connectivity index (χ4n) is 3.31. The quantitative estimate of drug-likeness (QED) is 0.467. The summed E-state index contributed by atoms with van der Waals surface area (Å²) in [6.45, 7) is 1.27. The second-order valence-electron chi connectivity index (χ2n) is 7.19. The Kier molecular flexibility index (Phi) is 7.14. The van der Waals surface area contributed by atoms with Gasteiger partial charge >= 0.3 is 0 Å². The summed E-state index contributed by atoms with van der Waals surface area (Å²) in [6.07, 6.45) is 0. The van der Waals surface area contributed by atoms with Crippen LogP contribution in [-0.4, -0.2) is 65.7 Å². The van der Waals surface area contributed by atoms with Gasteiger partial charge in [-0.15, -0.1) is 10.2 Å². The van der Waals surface area contributed by atoms with E-state index in [2.05, 4.69) is 10.2 Å². The molecule has 1 aromatic heterocycles. The molecule has 3 aromatic rings. The number of aromatic nitrogens is 2. The highest BCUT2D eigenvalue weighted by Crippen LogP contribution is 2.25. The Morgan fingerprint density at radius 2 is 1.78 bits per heavy atom. The molecule has 4 rings (SSSR count). The van der Waals surface area contributed by atoms with Gasteiger partial charge in [0.05, 0.1) is 11.5 Å². The van der Waals surface area contributed by atoms with Crippen LogP contribution in [0.5, 0.6) is 0 Å². The molecule has 1 saturated heterocycles. The lowest BCUT2D eigenvalue weighted by Gasteiger charge is -2.34. The normalized spacial score (nSPS) is 15.1. The molecule has 0 atom stereocenters. The van der Waals surface area contributed by atoms with E-state index in [0.717, 1.165) is 17.3 Å². The van der Waals surface area contributed by atoms with Gasteiger partial charge in [0.15, 0.2) is 0 Å². The SMILES string of the molecule is O=C(CSc1nnc(-c2cccc(Cl)c2)o1)N1CCN(S(=O)(=O)Cc2ccccc2)CC1. The van der Waals surface area contributed by atoms with Gasteiger partial charge in [-0.25, -0.2) is 8.42 Å². The minimum atomic E-state index is -3.42. The Balaban J connectivity index is 1.27. The predicted octanol–water partition coefficient (Wildman–Crippen LogP) is 3.16. The van der Waals surface area contributed by atoms with Crippen LogP contribution >= 0.6 is 23.4 Å². The number of halogens is 1. The van der Waals surface area contributed by atoms with E-state index in [0.29, 0.717) is 29.6 Å². The number of piperazine rings is 1. The highest BCUT2D eigenvalue weighted by Gasteiger charge is 2.29. The van der Waals surface area contributed by atoms with Crippen LogP contribution in [0.2, 0.25) is 5.02 Å². The smallest absolute Gasteiger partial charge is 0.277 e. The molecule has 0 bridgehead atoms. The van der Waals surface area contributed by atoms with Crippen LogP contribution < -0.4 is 0 Å². The minimum absolute atomic E-state index is 0.0379. The van der Waals surface area contributed by atoms with Crippen molar-refractivity contribution < 1.29 is 17.6 Å². The molecule has 2 heterocycles. The molecule has 0 spiro atoms. The maximum atomic E-state index is 12.7. The number of hydrogen-bond acceptors (Lipinski definition) is 7. The molecule has 1 fully saturated rings. The van der Waals surface area contributed by atoms with Gasteiger partial charge in [0, 0.05) is 36.8 Å². The molecule has 0 saturated carbocycles. The largest absolute Gasteiger partial charge is 0.411 e. The standard InChI is InChI=1S/C21H21ClN4O4S2/c22-18-8-4-7-17(13-18)20-23-24-21(30-20)31-14-19(27)25-9-11-26(12-10-25)32(28,29)15-16-5-2-1-3-6-16/h1-8,13H,9-12,14-15H2. The highest BCUT2D eigenvalue weighted by atomic mass is 35.5. The summed E-state index contributed by atoms with van der Waals surface area (Å²) in [5, 5.41) is 8.82. The molecule has 1 aliphatic rings. The zero-order valence-corrected chi connectivity index (χ0v) is 19.4. The van der Waals surface area contributed by atoms with Crippen molar-refractivity contribution in [1.82, 2.24) is 19.4 Å². The Bertz CT molecular complexity index is 1180. The average molecular weight is 493 g/mol. The molecule has 2 aromatic carbocycles. The van der Waals surface area contributed by atoms with Crippen molar-refractivity contribution in [2.45, 2.75) is 11.0 Å². The van der Waals surface area contributed by atoms with E-state index in [1.807, 2.05) is 24.3 Å². The van der Waals surface area contributed by atoms with Crippen molar-refractivity contribution >= 4 is 39.3 Å². The van der Waals surface area contributed by atoms with Crippen molar-refractivity contribution in [3.05, 3.63) is 65.2 Å². The van der Waals surface area contributed by atoms with Crippen molar-refractivity contribution in [2.75, 3.05) is 31.9 Å². The van der Waals surface area contributed by atoms with Gasteiger partial charge in [0.2, 0.25) is 21.8 Å². The van der Waals surface area contributed by atoms with E-state index in [9.17, 15) is 13.2 Å². The van der Waals surface area contributed by atoms with E-state index in [1.54, 1.807) is 35.2 Å². The summed E-state index contributed by atoms with van der Waals surface area (Å²) in [4.78, 5) is 14.2. The van der Waals surface area contributed by atoms with Gasteiger partial charge in [0.1, 0.15) is 0 Å². The van der Waals surface area contributed by atoms with Gasteiger partial charge in [-0.3, -0.25) is 4.79 Å². The summed E-state index contributed by atoms with van der Waals surface area (Å²) in [5.74, 6) is 0.329. The Hall–Kier alpha value is -2.40. The fraction of sp³-hybridized carbons (Fsp3) is 0.286. The lowest BCUT2D eigenvalue weighted by Crippen LogP contribution is -2.51. The molecule has 1 amide bonds. The number of thioether (sulfide) groups is 1. The fourth-order valence-corrected chi connectivity index (χ4v) is 5.68. The molecule has 32 heavy (non-hydrogen) atoms. The number of amides is 1. The first-order chi connectivity index (χ1) is 15.4. The van der Waals surface area contributed by atoms with Crippen LogP contribution in [-0.2, 0) is 20.6 Å². The average Bonchev–Trinajstić information content (AvgIpc) is 3.27. The first-order valence-corrected chi connectivity index (χ1v) is 12.9. The van der Waals surface area contributed by atoms with Crippen molar-refractivity contribution in [3.8, 4) is 11.5 Å². The zero-order chi connectivity index (χ0) is 22.6. The third-order valence-electron chi connectivity index (χ3n) is 4.97. The predicted molar refractivity (Wildman–Crippen MR) is 123 cm³/mol. The number of carbonyl (C=O) groups excluding carboxylic acids is 1. The molecule has 1 aliphatic heterocycles. The monoisotopic (exact) mass is 492 g/mol. The summed E-state index contributed by atoms with van der Waals surface area (Å²) < 4.78 is 32.4. The first-order valence-electron chi connectivity index (χ1n) is 9.92. The van der Waals surface area contributed by atoms with E-state index in [4.69, 9.17) is 16.0 Å². The molecule has 0 N–H and O–H groups in total. The highest BCUT2D eigenvalue weighted by molar-refractivity contribution is 7.99. The Labute approximate surface area is 195 Å². The van der Waals surface area contributed by atoms with Crippen LogP contribution in [0.3, 0.4) is 0 Å². The summed E-state index contributed by atoms with van der Waals surface area (Å²) in [5.41, 5.74) is 1.45. The Morgan fingerprint density at radius 3 is 2.50 bits per heavy atom. The lowest BCUT2D eigenvalue weighted by molar-refractivity contribution is -0.129. The number of rotatable bonds is 7. The van der Waals surface area contributed by atoms with Gasteiger partial charge in [0.25, 0.3) is 5.22 Å². The third kappa shape index (κ3) is 5.69. The van der Waals surface area contributed by atoms with Gasteiger partial charge < -0.3 is 9.32 Å². The van der Waals surface area contributed by atoms with Gasteiger partial charge in [-0.05, 0) is 23.8 Å². The van der Waals surface area contributed by atoms with Crippen LogP contribution in [0.1, 0.15) is 5.56 Å². The maximum absolute atomic E-state index is 12.7. The van der Waals surface area contributed by atoms with Gasteiger partial charge in [-0.1, -0.05) is 59.8 Å². The molecular formula is C21H21ClN4O4S2. The number of benzene rings is 2. The van der Waals surface area contributed by atoms with Crippen LogP contribution in [0.4, 0.5) is 0 Å². The summed E-state index contributed by atoms with van der Waals surface area (Å²) in [7, 11) is -3.42. The first kappa shape index (κ1) is 22.8. The van der Waals surface area contributed by atoms with Crippen LogP contribution in [0.25, 0.3) is 11.5 Å². The Morgan fingerprint density at radius 1 is 1.03 bits per heavy atom. The third-order valence-corrected chi connectivity index (χ3v) is 7.86. The van der Waals surface area contributed by atoms with Crippen LogP contribution in [0, 0.1) is 0 Å². The molecule has 0 radical (unpaired) electrons. The molecule has 11 heteroatoms. The second kappa shape index (κ2) is 10.0. The number of nitrogens with zero attached hydrogens (tertiary/aromatic N) is 4. The van der Waals surface area contributed by atoms with E-state index in [1.165, 1.54) is 4.31 Å². The second-order valence-corrected chi connectivity index (χ2v) is 10.5. The lowest BCUT2D eigenvalue weighted by atomic mass is 10.2. The maximum Gasteiger partial charge on any atom is 0.277 e. The topological polar surface area (TPSA) is 96.6 Å². The molecule has 168 valence electrons. The van der Waals surface area contributed by atoms with Gasteiger partial charge in [-0.2, -0.15) is 4.31 Å². The van der Waals surface area contributed by atoms with E-state index in [-0.39, 0.29) is 35.7 Å². The minimum Gasteiger partial charge on any atom is -0.411 e.